The summed E-state index contributed by atoms with van der Waals surface area (Å²) in [4.78, 5) is 9.14. The molecule has 1 unspecified atom stereocenters. The van der Waals surface area contributed by atoms with Crippen LogP contribution in [0.3, 0.4) is 0 Å². The molecule has 3 rings (SSSR count). The number of pyridine rings is 2. The Hall–Kier alpha value is -3.14. The predicted octanol–water partition coefficient (Wildman–Crippen LogP) is 7.10. The van der Waals surface area contributed by atoms with Crippen molar-refractivity contribution < 1.29 is 0 Å². The van der Waals surface area contributed by atoms with Gasteiger partial charge in [0.05, 0.1) is 5.69 Å². The summed E-state index contributed by atoms with van der Waals surface area (Å²) < 4.78 is 2.24. The molecular weight excluding hydrogens is 380 g/mol. The first-order chi connectivity index (χ1) is 15.0. The molecule has 0 aliphatic rings. The van der Waals surface area contributed by atoms with Crippen LogP contribution in [0.5, 0.6) is 0 Å². The van der Waals surface area contributed by atoms with Gasteiger partial charge in [0.15, 0.2) is 5.65 Å². The zero-order chi connectivity index (χ0) is 22.2. The van der Waals surface area contributed by atoms with E-state index in [1.165, 1.54) is 11.3 Å². The Morgan fingerprint density at radius 2 is 2.03 bits per heavy atom. The van der Waals surface area contributed by atoms with Crippen LogP contribution in [0.4, 0.5) is 5.69 Å². The highest BCUT2D eigenvalue weighted by Crippen LogP contribution is 2.29. The van der Waals surface area contributed by atoms with Crippen LogP contribution in [0.1, 0.15) is 57.7 Å². The molecule has 0 amide bonds. The SMILES string of the molecule is C\C=C/C(C)=C\C=C\CCNc1cc(-c2cncc(C)c2)cn2c(C(C)CC)cnc12. The predicted molar refractivity (Wildman–Crippen MR) is 133 cm³/mol. The normalized spacial score (nSPS) is 13.5. The van der Waals surface area contributed by atoms with Gasteiger partial charge in [-0.3, -0.25) is 4.98 Å². The van der Waals surface area contributed by atoms with Crippen molar-refractivity contribution >= 4 is 11.3 Å². The van der Waals surface area contributed by atoms with Crippen LogP contribution >= 0.6 is 0 Å². The Kier molecular flexibility index (Phi) is 7.82. The van der Waals surface area contributed by atoms with Crippen LogP contribution in [-0.2, 0) is 0 Å². The molecule has 0 aliphatic carbocycles. The maximum absolute atomic E-state index is 4.75. The van der Waals surface area contributed by atoms with E-state index in [4.69, 9.17) is 4.98 Å². The molecule has 0 bridgehead atoms. The Labute approximate surface area is 186 Å². The third-order valence-electron chi connectivity index (χ3n) is 5.51. The quantitative estimate of drug-likeness (QED) is 0.300. The number of aromatic nitrogens is 3. The van der Waals surface area contributed by atoms with Crippen molar-refractivity contribution in [1.29, 1.82) is 0 Å². The average molecular weight is 415 g/mol. The lowest BCUT2D eigenvalue weighted by atomic mass is 10.1. The van der Waals surface area contributed by atoms with Crippen LogP contribution in [-0.4, -0.2) is 20.9 Å². The topological polar surface area (TPSA) is 42.2 Å². The molecule has 3 heterocycles. The Balaban J connectivity index is 1.88. The Morgan fingerprint density at radius 1 is 1.19 bits per heavy atom. The fourth-order valence-corrected chi connectivity index (χ4v) is 3.60. The summed E-state index contributed by atoms with van der Waals surface area (Å²) in [5.74, 6) is 0.448. The third kappa shape index (κ3) is 5.72. The lowest BCUT2D eigenvalue weighted by molar-refractivity contribution is 0.701. The van der Waals surface area contributed by atoms with Crippen molar-refractivity contribution in [2.24, 2.45) is 0 Å². The van der Waals surface area contributed by atoms with Gasteiger partial charge in [-0.1, -0.05) is 49.8 Å². The van der Waals surface area contributed by atoms with E-state index in [1.54, 1.807) is 0 Å². The maximum atomic E-state index is 4.75. The minimum absolute atomic E-state index is 0.448. The molecule has 1 atom stereocenters. The second-order valence-electron chi connectivity index (χ2n) is 8.13. The number of hydrogen-bond donors (Lipinski definition) is 1. The van der Waals surface area contributed by atoms with Crippen LogP contribution in [0.25, 0.3) is 16.8 Å². The van der Waals surface area contributed by atoms with E-state index in [2.05, 4.69) is 91.1 Å². The minimum atomic E-state index is 0.448. The van der Waals surface area contributed by atoms with Gasteiger partial charge in [0, 0.05) is 48.2 Å². The Morgan fingerprint density at radius 3 is 2.77 bits per heavy atom. The minimum Gasteiger partial charge on any atom is -0.382 e. The van der Waals surface area contributed by atoms with E-state index in [0.29, 0.717) is 5.92 Å². The van der Waals surface area contributed by atoms with Gasteiger partial charge in [-0.15, -0.1) is 0 Å². The number of nitrogens with zero attached hydrogens (tertiary/aromatic N) is 3. The fraction of sp³-hybridized carbons (Fsp3) is 0.333. The van der Waals surface area contributed by atoms with Crippen molar-refractivity contribution in [3.63, 3.8) is 0 Å². The van der Waals surface area contributed by atoms with Crippen molar-refractivity contribution in [3.05, 3.63) is 84.1 Å². The van der Waals surface area contributed by atoms with Crippen molar-refractivity contribution in [3.8, 4) is 11.1 Å². The van der Waals surface area contributed by atoms with Gasteiger partial charge in [0.2, 0.25) is 0 Å². The summed E-state index contributed by atoms with van der Waals surface area (Å²) in [6.45, 7) is 11.5. The number of allylic oxidation sites excluding steroid dienone is 5. The van der Waals surface area contributed by atoms with Gasteiger partial charge in [0.25, 0.3) is 0 Å². The van der Waals surface area contributed by atoms with Crippen molar-refractivity contribution in [1.82, 2.24) is 14.4 Å². The number of aryl methyl sites for hydroxylation is 1. The standard InChI is InChI=1S/C27H34N4/c1-6-11-20(3)12-9-8-10-13-29-25-15-24(23-14-21(4)16-28-17-23)19-31-26(22(5)7-2)18-30-27(25)31/h6,8-9,11-12,14-19,22,29H,7,10,13H2,1-5H3/b9-8+,11-6-,20-12-. The van der Waals surface area contributed by atoms with Gasteiger partial charge in [-0.05, 0) is 57.2 Å². The number of hydrogen-bond acceptors (Lipinski definition) is 3. The van der Waals surface area contributed by atoms with E-state index < -0.39 is 0 Å². The molecule has 4 nitrogen and oxygen atoms in total. The number of nitrogens with one attached hydrogen (secondary N) is 1. The molecule has 0 radical (unpaired) electrons. The first-order valence-corrected chi connectivity index (χ1v) is 11.2. The summed E-state index contributed by atoms with van der Waals surface area (Å²) in [7, 11) is 0. The second-order valence-corrected chi connectivity index (χ2v) is 8.13. The molecule has 0 aliphatic heterocycles. The van der Waals surface area contributed by atoms with Crippen molar-refractivity contribution in [2.75, 3.05) is 11.9 Å². The number of fused-ring (bicyclic) bond motifs is 1. The van der Waals surface area contributed by atoms with E-state index in [1.807, 2.05) is 25.5 Å². The molecule has 0 fully saturated rings. The molecule has 3 aromatic heterocycles. The smallest absolute Gasteiger partial charge is 0.160 e. The van der Waals surface area contributed by atoms with E-state index in [-0.39, 0.29) is 0 Å². The monoisotopic (exact) mass is 414 g/mol. The van der Waals surface area contributed by atoms with Gasteiger partial charge < -0.3 is 9.72 Å². The molecule has 31 heavy (non-hydrogen) atoms. The summed E-state index contributed by atoms with van der Waals surface area (Å²) >= 11 is 0. The van der Waals surface area contributed by atoms with Crippen LogP contribution < -0.4 is 5.32 Å². The molecule has 0 saturated carbocycles. The molecule has 1 N–H and O–H groups in total. The summed E-state index contributed by atoms with van der Waals surface area (Å²) in [6.07, 6.45) is 20.7. The highest BCUT2D eigenvalue weighted by atomic mass is 15.0. The molecule has 3 aromatic rings. The molecule has 0 saturated heterocycles. The second kappa shape index (κ2) is 10.8. The average Bonchev–Trinajstić information content (AvgIpc) is 3.20. The van der Waals surface area contributed by atoms with Gasteiger partial charge in [0.1, 0.15) is 0 Å². The molecule has 4 heteroatoms. The van der Waals surface area contributed by atoms with Gasteiger partial charge in [-0.2, -0.15) is 0 Å². The zero-order valence-electron chi connectivity index (χ0n) is 19.4. The molecular formula is C27H34N4. The fourth-order valence-electron chi connectivity index (χ4n) is 3.60. The van der Waals surface area contributed by atoms with Crippen molar-refractivity contribution in [2.45, 2.75) is 53.4 Å². The largest absolute Gasteiger partial charge is 0.382 e. The third-order valence-corrected chi connectivity index (χ3v) is 5.51. The number of imidazole rings is 1. The lowest BCUT2D eigenvalue weighted by Gasteiger charge is -2.14. The number of rotatable bonds is 9. The molecule has 162 valence electrons. The summed E-state index contributed by atoms with van der Waals surface area (Å²) in [5.41, 5.74) is 7.96. The van der Waals surface area contributed by atoms with Crippen LogP contribution in [0, 0.1) is 6.92 Å². The Bertz CT molecular complexity index is 1100. The highest BCUT2D eigenvalue weighted by molar-refractivity contribution is 5.76. The van der Waals surface area contributed by atoms with E-state index in [0.717, 1.165) is 47.4 Å². The van der Waals surface area contributed by atoms with Gasteiger partial charge in [-0.25, -0.2) is 4.98 Å². The zero-order valence-corrected chi connectivity index (χ0v) is 19.4. The van der Waals surface area contributed by atoms with E-state index in [9.17, 15) is 0 Å². The van der Waals surface area contributed by atoms with Crippen LogP contribution in [0.2, 0.25) is 0 Å². The van der Waals surface area contributed by atoms with Gasteiger partial charge >= 0.3 is 0 Å². The highest BCUT2D eigenvalue weighted by Gasteiger charge is 2.14. The first-order valence-electron chi connectivity index (χ1n) is 11.2. The van der Waals surface area contributed by atoms with Crippen LogP contribution in [0.15, 0.2) is 72.9 Å². The number of anilines is 1. The molecule has 0 aromatic carbocycles. The maximum Gasteiger partial charge on any atom is 0.160 e. The van der Waals surface area contributed by atoms with E-state index >= 15 is 0 Å². The lowest BCUT2D eigenvalue weighted by Crippen LogP contribution is -2.05. The summed E-state index contributed by atoms with van der Waals surface area (Å²) in [5, 5.41) is 3.61. The summed E-state index contributed by atoms with van der Waals surface area (Å²) in [6, 6.07) is 4.37. The first kappa shape index (κ1) is 22.5. The molecule has 0 spiro atoms.